The van der Waals surface area contributed by atoms with E-state index < -0.39 is 27.6 Å². The van der Waals surface area contributed by atoms with E-state index in [2.05, 4.69) is 4.72 Å². The molecule has 5 nitrogen and oxygen atoms in total. The zero-order valence-corrected chi connectivity index (χ0v) is 16.0. The lowest BCUT2D eigenvalue weighted by Gasteiger charge is -2.42. The summed E-state index contributed by atoms with van der Waals surface area (Å²) in [6.45, 7) is 0. The van der Waals surface area contributed by atoms with Gasteiger partial charge in [-0.2, -0.15) is 13.2 Å². The Kier molecular flexibility index (Phi) is 5.44. The van der Waals surface area contributed by atoms with Gasteiger partial charge in [-0.05, 0) is 61.2 Å². The van der Waals surface area contributed by atoms with Crippen LogP contribution in [0, 0.1) is 0 Å². The van der Waals surface area contributed by atoms with Crippen LogP contribution in [0.3, 0.4) is 0 Å². The number of benzene rings is 2. The number of halogens is 4. The van der Waals surface area contributed by atoms with Crippen molar-refractivity contribution in [2.45, 2.75) is 35.9 Å². The predicted octanol–water partition coefficient (Wildman–Crippen LogP) is 4.20. The summed E-state index contributed by atoms with van der Waals surface area (Å²) >= 11 is 5.89. The third-order valence-corrected chi connectivity index (χ3v) is 6.42. The highest BCUT2D eigenvalue weighted by Gasteiger charge is 2.42. The van der Waals surface area contributed by atoms with Crippen LogP contribution in [-0.4, -0.2) is 20.5 Å². The van der Waals surface area contributed by atoms with Gasteiger partial charge >= 0.3 is 12.1 Å². The Balaban J connectivity index is 1.79. The fraction of sp³-hybridized carbons (Fsp3) is 0.278. The Bertz CT molecular complexity index is 971. The number of hydrogen-bond donors (Lipinski definition) is 2. The molecule has 0 spiro atoms. The smallest absolute Gasteiger partial charge is 0.318 e. The van der Waals surface area contributed by atoms with Crippen LogP contribution in [0.2, 0.25) is 5.02 Å². The van der Waals surface area contributed by atoms with Gasteiger partial charge < -0.3 is 5.32 Å². The summed E-state index contributed by atoms with van der Waals surface area (Å²) in [7, 11) is -3.93. The SMILES string of the molecule is O=C(Nc1ccc(S(=O)(=O)NC2(c3ccc(Cl)cc3)CCC2)cc1)C(F)(F)F. The molecule has 2 aromatic rings. The lowest BCUT2D eigenvalue weighted by Crippen LogP contribution is -2.50. The normalized spacial score (nSPS) is 16.3. The van der Waals surface area contributed by atoms with E-state index in [0.717, 1.165) is 36.2 Å². The quantitative estimate of drug-likeness (QED) is 0.743. The predicted molar refractivity (Wildman–Crippen MR) is 98.4 cm³/mol. The Morgan fingerprint density at radius 1 is 1.00 bits per heavy atom. The van der Waals surface area contributed by atoms with Crippen LogP contribution in [0.5, 0.6) is 0 Å². The first-order valence-corrected chi connectivity index (χ1v) is 10.2. The zero-order chi connectivity index (χ0) is 20.6. The topological polar surface area (TPSA) is 75.3 Å². The number of carbonyl (C=O) groups excluding carboxylic acids is 1. The summed E-state index contributed by atoms with van der Waals surface area (Å²) in [6.07, 6.45) is -2.93. The van der Waals surface area contributed by atoms with Crippen molar-refractivity contribution in [1.82, 2.24) is 4.72 Å². The maximum atomic E-state index is 12.8. The fourth-order valence-corrected chi connectivity index (χ4v) is 4.56. The second-order valence-electron chi connectivity index (χ2n) is 6.52. The van der Waals surface area contributed by atoms with E-state index in [1.54, 1.807) is 29.6 Å². The first-order valence-electron chi connectivity index (χ1n) is 8.30. The molecule has 2 N–H and O–H groups in total. The molecule has 0 unspecified atom stereocenters. The Hall–Kier alpha value is -2.10. The van der Waals surface area contributed by atoms with Gasteiger partial charge in [-0.1, -0.05) is 23.7 Å². The van der Waals surface area contributed by atoms with E-state index in [9.17, 15) is 26.4 Å². The molecule has 1 aliphatic carbocycles. The molecule has 0 aromatic heterocycles. The molecule has 1 amide bonds. The summed E-state index contributed by atoms with van der Waals surface area (Å²) < 4.78 is 65.1. The summed E-state index contributed by atoms with van der Waals surface area (Å²) in [5, 5.41) is 2.21. The van der Waals surface area contributed by atoms with E-state index in [1.165, 1.54) is 0 Å². The number of sulfonamides is 1. The van der Waals surface area contributed by atoms with E-state index in [4.69, 9.17) is 11.6 Å². The molecular formula is C18H16ClF3N2O3S. The van der Waals surface area contributed by atoms with Crippen molar-refractivity contribution in [1.29, 1.82) is 0 Å². The van der Waals surface area contributed by atoms with E-state index in [0.29, 0.717) is 17.9 Å². The maximum absolute atomic E-state index is 12.8. The Morgan fingerprint density at radius 2 is 1.57 bits per heavy atom. The highest BCUT2D eigenvalue weighted by atomic mass is 35.5. The summed E-state index contributed by atoms with van der Waals surface area (Å²) in [5.41, 5.74) is -0.106. The second kappa shape index (κ2) is 7.38. The van der Waals surface area contributed by atoms with Crippen molar-refractivity contribution in [2.75, 3.05) is 5.32 Å². The van der Waals surface area contributed by atoms with E-state index >= 15 is 0 Å². The minimum Gasteiger partial charge on any atom is -0.318 e. The molecule has 0 heterocycles. The Morgan fingerprint density at radius 3 is 2.04 bits per heavy atom. The molecule has 10 heteroatoms. The first kappa shape index (κ1) is 20.6. The van der Waals surface area contributed by atoms with Crippen LogP contribution >= 0.6 is 11.6 Å². The van der Waals surface area contributed by atoms with Crippen LogP contribution in [-0.2, 0) is 20.4 Å². The summed E-state index contributed by atoms with van der Waals surface area (Å²) in [5.74, 6) is -2.13. The van der Waals surface area contributed by atoms with Gasteiger partial charge in [-0.3, -0.25) is 4.79 Å². The fourth-order valence-electron chi connectivity index (χ4n) is 2.98. The molecule has 3 rings (SSSR count). The lowest BCUT2D eigenvalue weighted by atomic mass is 9.73. The molecule has 0 saturated heterocycles. The number of anilines is 1. The van der Waals surface area contributed by atoms with Crippen molar-refractivity contribution in [2.24, 2.45) is 0 Å². The molecule has 2 aromatic carbocycles. The number of nitrogens with one attached hydrogen (secondary N) is 2. The van der Waals surface area contributed by atoms with Gasteiger partial charge in [0.25, 0.3) is 0 Å². The maximum Gasteiger partial charge on any atom is 0.471 e. The minimum atomic E-state index is -5.03. The van der Waals surface area contributed by atoms with Crippen molar-refractivity contribution in [3.8, 4) is 0 Å². The summed E-state index contributed by atoms with van der Waals surface area (Å²) in [6, 6.07) is 11.4. The van der Waals surface area contributed by atoms with Crippen LogP contribution < -0.4 is 10.0 Å². The van der Waals surface area contributed by atoms with Crippen LogP contribution in [0.1, 0.15) is 24.8 Å². The van der Waals surface area contributed by atoms with Crippen molar-refractivity contribution in [3.05, 3.63) is 59.1 Å². The van der Waals surface area contributed by atoms with E-state index in [-0.39, 0.29) is 10.6 Å². The minimum absolute atomic E-state index is 0.113. The molecule has 0 radical (unpaired) electrons. The number of hydrogen-bond acceptors (Lipinski definition) is 3. The van der Waals surface area contributed by atoms with Gasteiger partial charge in [0.1, 0.15) is 0 Å². The van der Waals surface area contributed by atoms with Gasteiger partial charge in [-0.25, -0.2) is 13.1 Å². The van der Waals surface area contributed by atoms with Crippen molar-refractivity contribution >= 4 is 33.2 Å². The molecule has 150 valence electrons. The third-order valence-electron chi connectivity index (χ3n) is 4.61. The van der Waals surface area contributed by atoms with Gasteiger partial charge in [0, 0.05) is 10.7 Å². The van der Waals surface area contributed by atoms with Crippen molar-refractivity contribution in [3.63, 3.8) is 0 Å². The highest BCUT2D eigenvalue weighted by molar-refractivity contribution is 7.89. The average Bonchev–Trinajstić information content (AvgIpc) is 2.59. The monoisotopic (exact) mass is 432 g/mol. The average molecular weight is 433 g/mol. The van der Waals surface area contributed by atoms with Crippen LogP contribution in [0.15, 0.2) is 53.4 Å². The molecule has 0 atom stereocenters. The van der Waals surface area contributed by atoms with Gasteiger partial charge in [0.15, 0.2) is 0 Å². The highest BCUT2D eigenvalue weighted by Crippen LogP contribution is 2.42. The van der Waals surface area contributed by atoms with Gasteiger partial charge in [-0.15, -0.1) is 0 Å². The summed E-state index contributed by atoms with van der Waals surface area (Å²) in [4.78, 5) is 10.8. The molecule has 0 aliphatic heterocycles. The number of amides is 1. The molecule has 1 saturated carbocycles. The van der Waals surface area contributed by atoms with Crippen molar-refractivity contribution < 1.29 is 26.4 Å². The molecule has 1 aliphatic rings. The standard InChI is InChI=1S/C18H16ClF3N2O3S/c19-13-4-2-12(3-5-13)17(10-1-11-17)24-28(26,27)15-8-6-14(7-9-15)23-16(25)18(20,21)22/h2-9,24H,1,10-11H2,(H,23,25). The molecular weight excluding hydrogens is 417 g/mol. The largest absolute Gasteiger partial charge is 0.471 e. The Labute approximate surface area is 164 Å². The molecule has 28 heavy (non-hydrogen) atoms. The number of rotatable bonds is 5. The third kappa shape index (κ3) is 4.31. The number of carbonyl (C=O) groups is 1. The van der Waals surface area contributed by atoms with E-state index in [1.807, 2.05) is 0 Å². The zero-order valence-electron chi connectivity index (χ0n) is 14.4. The second-order valence-corrected chi connectivity index (χ2v) is 8.64. The number of alkyl halides is 3. The first-order chi connectivity index (χ1) is 13.0. The molecule has 0 bridgehead atoms. The van der Waals surface area contributed by atoms with Gasteiger partial charge in [0.2, 0.25) is 10.0 Å². The molecule has 1 fully saturated rings. The van der Waals surface area contributed by atoms with Crippen LogP contribution in [0.25, 0.3) is 0 Å². The van der Waals surface area contributed by atoms with Crippen LogP contribution in [0.4, 0.5) is 18.9 Å². The lowest BCUT2D eigenvalue weighted by molar-refractivity contribution is -0.167. The van der Waals surface area contributed by atoms with Gasteiger partial charge in [0.05, 0.1) is 10.4 Å².